The molecular weight excluding hydrogens is 430 g/mol. The number of nitrogens with zero attached hydrogens (tertiary/aromatic N) is 5. The van der Waals surface area contributed by atoms with Crippen LogP contribution in [0, 0.1) is 13.8 Å². The van der Waals surface area contributed by atoms with Gasteiger partial charge in [-0.05, 0) is 44.0 Å². The third-order valence-electron chi connectivity index (χ3n) is 4.92. The standard InChI is InChI=1S/C22H23N5O2S2/c1-5-8-27-20(16(4)29-18-7-6-14(2)15(3)11-18)24-25-22(27)31-13-17-12-19(28)26-9-10-30-21(26)23-17/h5-7,9-12,16H,1,8,13H2,2-4H3. The Hall–Kier alpha value is -2.91. The van der Waals surface area contributed by atoms with Gasteiger partial charge in [-0.1, -0.05) is 23.9 Å². The van der Waals surface area contributed by atoms with E-state index in [1.165, 1.54) is 34.2 Å². The zero-order chi connectivity index (χ0) is 22.0. The zero-order valence-electron chi connectivity index (χ0n) is 17.6. The van der Waals surface area contributed by atoms with Gasteiger partial charge in [-0.15, -0.1) is 28.1 Å². The summed E-state index contributed by atoms with van der Waals surface area (Å²) in [6.07, 6.45) is 3.26. The predicted octanol–water partition coefficient (Wildman–Crippen LogP) is 4.58. The van der Waals surface area contributed by atoms with Gasteiger partial charge in [0.1, 0.15) is 5.75 Å². The number of aryl methyl sites for hydroxylation is 2. The molecule has 1 atom stereocenters. The molecule has 31 heavy (non-hydrogen) atoms. The number of fused-ring (bicyclic) bond motifs is 1. The van der Waals surface area contributed by atoms with Gasteiger partial charge in [0.15, 0.2) is 22.0 Å². The second kappa shape index (κ2) is 9.07. The van der Waals surface area contributed by atoms with Crippen molar-refractivity contribution in [2.75, 3.05) is 0 Å². The average molecular weight is 454 g/mol. The van der Waals surface area contributed by atoms with Gasteiger partial charge >= 0.3 is 0 Å². The van der Waals surface area contributed by atoms with Crippen molar-refractivity contribution in [1.29, 1.82) is 0 Å². The average Bonchev–Trinajstić information content (AvgIpc) is 3.37. The zero-order valence-corrected chi connectivity index (χ0v) is 19.2. The summed E-state index contributed by atoms with van der Waals surface area (Å²) in [4.78, 5) is 17.5. The summed E-state index contributed by atoms with van der Waals surface area (Å²) in [5.74, 6) is 2.04. The molecule has 0 bridgehead atoms. The van der Waals surface area contributed by atoms with E-state index in [0.29, 0.717) is 23.0 Å². The van der Waals surface area contributed by atoms with E-state index < -0.39 is 0 Å². The van der Waals surface area contributed by atoms with Crippen LogP contribution in [-0.2, 0) is 12.3 Å². The molecule has 160 valence electrons. The molecule has 0 saturated carbocycles. The van der Waals surface area contributed by atoms with Crippen LogP contribution in [0.2, 0.25) is 0 Å². The second-order valence-electron chi connectivity index (χ2n) is 7.18. The Kier molecular flexibility index (Phi) is 6.24. The molecule has 0 spiro atoms. The minimum absolute atomic E-state index is 0.0782. The molecule has 0 aliphatic rings. The first-order chi connectivity index (χ1) is 15.0. The van der Waals surface area contributed by atoms with Crippen molar-refractivity contribution in [3.8, 4) is 5.75 Å². The van der Waals surface area contributed by atoms with Gasteiger partial charge in [0, 0.05) is 29.9 Å². The maximum absolute atomic E-state index is 12.2. The number of thioether (sulfide) groups is 1. The Bertz CT molecular complexity index is 1290. The maximum Gasteiger partial charge on any atom is 0.258 e. The van der Waals surface area contributed by atoms with Gasteiger partial charge in [0.2, 0.25) is 0 Å². The van der Waals surface area contributed by atoms with Crippen LogP contribution >= 0.6 is 23.1 Å². The first-order valence-electron chi connectivity index (χ1n) is 9.82. The van der Waals surface area contributed by atoms with Gasteiger partial charge < -0.3 is 4.74 Å². The molecule has 3 aromatic heterocycles. The summed E-state index contributed by atoms with van der Waals surface area (Å²) in [5.41, 5.74) is 3.04. The van der Waals surface area contributed by atoms with E-state index in [1.807, 2.05) is 41.1 Å². The number of hydrogen-bond acceptors (Lipinski definition) is 7. The first kappa shape index (κ1) is 21.3. The van der Waals surface area contributed by atoms with Gasteiger partial charge in [0.25, 0.3) is 5.56 Å². The summed E-state index contributed by atoms with van der Waals surface area (Å²) < 4.78 is 9.66. The molecule has 0 radical (unpaired) electrons. The summed E-state index contributed by atoms with van der Waals surface area (Å²) in [6, 6.07) is 7.61. The fourth-order valence-electron chi connectivity index (χ4n) is 3.15. The van der Waals surface area contributed by atoms with Crippen molar-refractivity contribution in [3.63, 3.8) is 0 Å². The Morgan fingerprint density at radius 1 is 1.26 bits per heavy atom. The fraction of sp³-hybridized carbons (Fsp3) is 0.273. The quantitative estimate of drug-likeness (QED) is 0.287. The van der Waals surface area contributed by atoms with Crippen LogP contribution < -0.4 is 10.3 Å². The Labute approximate surface area is 188 Å². The number of rotatable bonds is 8. The van der Waals surface area contributed by atoms with Crippen LogP contribution in [0.3, 0.4) is 0 Å². The Morgan fingerprint density at radius 2 is 2.10 bits per heavy atom. The van der Waals surface area contributed by atoms with Crippen LogP contribution in [0.15, 0.2) is 58.4 Å². The summed E-state index contributed by atoms with van der Waals surface area (Å²) in [5, 5.41) is 11.3. The van der Waals surface area contributed by atoms with E-state index in [2.05, 4.69) is 35.6 Å². The molecule has 0 saturated heterocycles. The first-order valence-corrected chi connectivity index (χ1v) is 11.7. The second-order valence-corrected chi connectivity index (χ2v) is 8.99. The lowest BCUT2D eigenvalue weighted by Gasteiger charge is -2.16. The molecule has 4 rings (SSSR count). The van der Waals surface area contributed by atoms with Gasteiger partial charge in [-0.25, -0.2) is 4.98 Å². The van der Waals surface area contributed by atoms with E-state index in [-0.39, 0.29) is 11.7 Å². The van der Waals surface area contributed by atoms with E-state index in [0.717, 1.165) is 16.7 Å². The third-order valence-corrected chi connectivity index (χ3v) is 6.67. The Morgan fingerprint density at radius 3 is 2.87 bits per heavy atom. The highest BCUT2D eigenvalue weighted by atomic mass is 32.2. The lowest BCUT2D eigenvalue weighted by molar-refractivity contribution is 0.210. The summed E-state index contributed by atoms with van der Waals surface area (Å²) >= 11 is 2.93. The summed E-state index contributed by atoms with van der Waals surface area (Å²) in [7, 11) is 0. The van der Waals surface area contributed by atoms with Gasteiger partial charge in [0.05, 0.1) is 5.69 Å². The van der Waals surface area contributed by atoms with E-state index in [9.17, 15) is 4.79 Å². The summed E-state index contributed by atoms with van der Waals surface area (Å²) in [6.45, 7) is 10.5. The van der Waals surface area contributed by atoms with Gasteiger partial charge in [-0.3, -0.25) is 13.8 Å². The van der Waals surface area contributed by atoms with Crippen molar-refractivity contribution < 1.29 is 4.74 Å². The smallest absolute Gasteiger partial charge is 0.258 e. The van der Waals surface area contributed by atoms with Crippen molar-refractivity contribution in [2.24, 2.45) is 0 Å². The molecule has 4 aromatic rings. The molecular formula is C22H23N5O2S2. The number of ether oxygens (including phenoxy) is 1. The lowest BCUT2D eigenvalue weighted by Crippen LogP contribution is -2.13. The number of allylic oxidation sites excluding steroid dienone is 1. The fourth-order valence-corrected chi connectivity index (χ4v) is 4.74. The highest BCUT2D eigenvalue weighted by Gasteiger charge is 2.19. The molecule has 0 aliphatic heterocycles. The molecule has 1 unspecified atom stereocenters. The van der Waals surface area contributed by atoms with Gasteiger partial charge in [-0.2, -0.15) is 0 Å². The topological polar surface area (TPSA) is 74.3 Å². The SMILES string of the molecule is C=CCn1c(SCc2cc(=O)n3ccsc3n2)nnc1C(C)Oc1ccc(C)c(C)c1. The van der Waals surface area contributed by atoms with Crippen molar-refractivity contribution >= 4 is 28.1 Å². The van der Waals surface area contributed by atoms with Crippen molar-refractivity contribution in [3.05, 3.63) is 81.5 Å². The normalized spacial score (nSPS) is 12.2. The van der Waals surface area contributed by atoms with Crippen LogP contribution in [0.4, 0.5) is 0 Å². The molecule has 7 nitrogen and oxygen atoms in total. The molecule has 0 N–H and O–H groups in total. The minimum Gasteiger partial charge on any atom is -0.483 e. The maximum atomic E-state index is 12.2. The largest absolute Gasteiger partial charge is 0.483 e. The number of aromatic nitrogens is 5. The predicted molar refractivity (Wildman–Crippen MR) is 124 cm³/mol. The van der Waals surface area contributed by atoms with Crippen LogP contribution in [0.5, 0.6) is 5.75 Å². The Balaban J connectivity index is 1.53. The van der Waals surface area contributed by atoms with Crippen molar-refractivity contribution in [1.82, 2.24) is 24.1 Å². The van der Waals surface area contributed by atoms with Crippen LogP contribution in [-0.4, -0.2) is 24.1 Å². The number of thiazole rings is 1. The molecule has 1 aromatic carbocycles. The van der Waals surface area contributed by atoms with Crippen molar-refractivity contribution in [2.45, 2.75) is 44.3 Å². The van der Waals surface area contributed by atoms with Crippen LogP contribution in [0.25, 0.3) is 4.96 Å². The monoisotopic (exact) mass is 453 g/mol. The molecule has 0 fully saturated rings. The molecule has 0 aliphatic carbocycles. The minimum atomic E-state index is -0.283. The molecule has 9 heteroatoms. The number of benzene rings is 1. The third kappa shape index (κ3) is 4.57. The molecule has 3 heterocycles. The van der Waals surface area contributed by atoms with E-state index in [1.54, 1.807) is 16.7 Å². The lowest BCUT2D eigenvalue weighted by atomic mass is 10.1. The highest BCUT2D eigenvalue weighted by Crippen LogP contribution is 2.27. The van der Waals surface area contributed by atoms with E-state index in [4.69, 9.17) is 4.74 Å². The number of hydrogen-bond donors (Lipinski definition) is 0. The highest BCUT2D eigenvalue weighted by molar-refractivity contribution is 7.98. The van der Waals surface area contributed by atoms with E-state index >= 15 is 0 Å². The molecule has 0 amide bonds. The van der Waals surface area contributed by atoms with Crippen LogP contribution in [0.1, 0.15) is 35.7 Å².